The first-order valence-electron chi connectivity index (χ1n) is 8.48. The number of carbonyl (C=O) groups excluding carboxylic acids is 1. The standard InChI is InChI=1S/C18H22N4O3/c1-21(18(17(24)25)10-6-3-7-11-18)16(23)15-13-22(20-19-15)12-14-8-4-2-5-9-14/h2,4-5,8-9,13H,3,6-7,10-12H2,1H3,(H,24,25). The maximum Gasteiger partial charge on any atom is 0.329 e. The van der Waals surface area contributed by atoms with Gasteiger partial charge in [0.2, 0.25) is 0 Å². The van der Waals surface area contributed by atoms with E-state index in [0.29, 0.717) is 19.4 Å². The van der Waals surface area contributed by atoms with E-state index >= 15 is 0 Å². The van der Waals surface area contributed by atoms with E-state index in [0.717, 1.165) is 24.8 Å². The Morgan fingerprint density at radius 1 is 1.20 bits per heavy atom. The summed E-state index contributed by atoms with van der Waals surface area (Å²) in [5.74, 6) is -1.34. The van der Waals surface area contributed by atoms with Crippen LogP contribution in [0.4, 0.5) is 0 Å². The quantitative estimate of drug-likeness (QED) is 0.900. The van der Waals surface area contributed by atoms with Gasteiger partial charge in [-0.15, -0.1) is 5.10 Å². The van der Waals surface area contributed by atoms with Crippen LogP contribution in [0.2, 0.25) is 0 Å². The number of amides is 1. The first-order valence-corrected chi connectivity index (χ1v) is 8.48. The van der Waals surface area contributed by atoms with Crippen LogP contribution in [0.3, 0.4) is 0 Å². The fraction of sp³-hybridized carbons (Fsp3) is 0.444. The first-order chi connectivity index (χ1) is 12.0. The number of aromatic nitrogens is 3. The van der Waals surface area contributed by atoms with Gasteiger partial charge in [-0.1, -0.05) is 54.8 Å². The van der Waals surface area contributed by atoms with Gasteiger partial charge in [0.25, 0.3) is 5.91 Å². The van der Waals surface area contributed by atoms with Crippen molar-refractivity contribution in [2.45, 2.75) is 44.2 Å². The molecule has 1 fully saturated rings. The summed E-state index contributed by atoms with van der Waals surface area (Å²) in [6.07, 6.45) is 5.15. The SMILES string of the molecule is CN(C(=O)c1cn(Cc2ccccc2)nn1)C1(C(=O)O)CCCCC1. The van der Waals surface area contributed by atoms with Crippen molar-refractivity contribution in [3.05, 3.63) is 47.8 Å². The minimum Gasteiger partial charge on any atom is -0.479 e. The zero-order chi connectivity index (χ0) is 17.9. The molecule has 1 heterocycles. The largest absolute Gasteiger partial charge is 0.479 e. The van der Waals surface area contributed by atoms with Crippen molar-refractivity contribution in [3.63, 3.8) is 0 Å². The van der Waals surface area contributed by atoms with E-state index in [1.807, 2.05) is 30.3 Å². The van der Waals surface area contributed by atoms with Gasteiger partial charge in [0, 0.05) is 7.05 Å². The molecule has 1 amide bonds. The summed E-state index contributed by atoms with van der Waals surface area (Å²) in [6, 6.07) is 9.75. The van der Waals surface area contributed by atoms with Gasteiger partial charge in [-0.25, -0.2) is 9.48 Å². The van der Waals surface area contributed by atoms with E-state index in [4.69, 9.17) is 0 Å². The van der Waals surface area contributed by atoms with Crippen LogP contribution in [-0.4, -0.2) is 49.5 Å². The number of nitrogens with zero attached hydrogens (tertiary/aromatic N) is 4. The second-order valence-corrected chi connectivity index (χ2v) is 6.55. The topological polar surface area (TPSA) is 88.3 Å². The van der Waals surface area contributed by atoms with Gasteiger partial charge in [-0.3, -0.25) is 4.79 Å². The van der Waals surface area contributed by atoms with Crippen LogP contribution in [0, 0.1) is 0 Å². The van der Waals surface area contributed by atoms with Crippen LogP contribution in [0.5, 0.6) is 0 Å². The van der Waals surface area contributed by atoms with E-state index in [9.17, 15) is 14.7 Å². The number of likely N-dealkylation sites (N-methyl/N-ethyl adjacent to an activating group) is 1. The molecule has 1 aromatic heterocycles. The molecule has 3 rings (SSSR count). The Hall–Kier alpha value is -2.70. The third kappa shape index (κ3) is 3.40. The third-order valence-corrected chi connectivity index (χ3v) is 4.97. The molecule has 1 N–H and O–H groups in total. The van der Waals surface area contributed by atoms with Gasteiger partial charge < -0.3 is 10.0 Å². The number of carbonyl (C=O) groups is 2. The molecule has 0 atom stereocenters. The average molecular weight is 342 g/mol. The Bertz CT molecular complexity index is 751. The lowest BCUT2D eigenvalue weighted by atomic mass is 9.80. The highest BCUT2D eigenvalue weighted by molar-refractivity contribution is 5.96. The van der Waals surface area contributed by atoms with E-state index in [-0.39, 0.29) is 5.69 Å². The summed E-state index contributed by atoms with van der Waals surface area (Å²) < 4.78 is 1.59. The zero-order valence-electron chi connectivity index (χ0n) is 14.3. The summed E-state index contributed by atoms with van der Waals surface area (Å²) in [5.41, 5.74) is 0.0807. The van der Waals surface area contributed by atoms with Crippen LogP contribution in [0.25, 0.3) is 0 Å². The van der Waals surface area contributed by atoms with Gasteiger partial charge >= 0.3 is 5.97 Å². The lowest BCUT2D eigenvalue weighted by Gasteiger charge is -2.40. The zero-order valence-corrected chi connectivity index (χ0v) is 14.3. The molecular weight excluding hydrogens is 320 g/mol. The predicted octanol–water partition coefficient (Wildman–Crippen LogP) is 2.19. The Balaban J connectivity index is 1.77. The van der Waals surface area contributed by atoms with Crippen molar-refractivity contribution in [2.24, 2.45) is 0 Å². The van der Waals surface area contributed by atoms with Gasteiger partial charge in [0.05, 0.1) is 12.7 Å². The van der Waals surface area contributed by atoms with Gasteiger partial charge in [-0.2, -0.15) is 0 Å². The fourth-order valence-electron chi connectivity index (χ4n) is 3.44. The number of benzene rings is 1. The van der Waals surface area contributed by atoms with Crippen LogP contribution < -0.4 is 0 Å². The van der Waals surface area contributed by atoms with E-state index in [2.05, 4.69) is 10.3 Å². The maximum atomic E-state index is 12.8. The number of carboxylic acids is 1. The number of hydrogen-bond donors (Lipinski definition) is 1. The Labute approximate surface area is 146 Å². The van der Waals surface area contributed by atoms with E-state index < -0.39 is 17.4 Å². The van der Waals surface area contributed by atoms with Crippen molar-refractivity contribution < 1.29 is 14.7 Å². The van der Waals surface area contributed by atoms with Crippen molar-refractivity contribution >= 4 is 11.9 Å². The lowest BCUT2D eigenvalue weighted by Crippen LogP contribution is -2.56. The second kappa shape index (κ2) is 7.04. The summed E-state index contributed by atoms with van der Waals surface area (Å²) in [6.45, 7) is 0.509. The average Bonchev–Trinajstić information content (AvgIpc) is 3.10. The molecule has 2 aromatic rings. The highest BCUT2D eigenvalue weighted by Gasteiger charge is 2.46. The molecule has 25 heavy (non-hydrogen) atoms. The molecule has 0 unspecified atom stereocenters. The minimum absolute atomic E-state index is 0.171. The van der Waals surface area contributed by atoms with E-state index in [1.54, 1.807) is 17.9 Å². The Morgan fingerprint density at radius 3 is 2.52 bits per heavy atom. The second-order valence-electron chi connectivity index (χ2n) is 6.55. The molecule has 0 bridgehead atoms. The van der Waals surface area contributed by atoms with Crippen LogP contribution in [0.1, 0.15) is 48.2 Å². The molecule has 1 aromatic carbocycles. The molecule has 7 nitrogen and oxygen atoms in total. The molecule has 1 aliphatic carbocycles. The third-order valence-electron chi connectivity index (χ3n) is 4.97. The van der Waals surface area contributed by atoms with Crippen molar-refractivity contribution in [2.75, 3.05) is 7.05 Å². The van der Waals surface area contributed by atoms with Crippen molar-refractivity contribution in [1.82, 2.24) is 19.9 Å². The van der Waals surface area contributed by atoms with Crippen LogP contribution in [0.15, 0.2) is 36.5 Å². The first kappa shape index (κ1) is 17.1. The monoisotopic (exact) mass is 342 g/mol. The molecule has 0 radical (unpaired) electrons. The van der Waals surface area contributed by atoms with Gasteiger partial charge in [0.15, 0.2) is 5.69 Å². The highest BCUT2D eigenvalue weighted by atomic mass is 16.4. The maximum absolute atomic E-state index is 12.8. The summed E-state index contributed by atoms with van der Waals surface area (Å²) in [5, 5.41) is 17.7. The molecule has 0 aliphatic heterocycles. The van der Waals surface area contributed by atoms with Crippen LogP contribution in [-0.2, 0) is 11.3 Å². The molecule has 1 aliphatic rings. The number of aliphatic carboxylic acids is 1. The van der Waals surface area contributed by atoms with Gasteiger partial charge in [-0.05, 0) is 18.4 Å². The predicted molar refractivity (Wildman–Crippen MR) is 91.1 cm³/mol. The van der Waals surface area contributed by atoms with Crippen molar-refractivity contribution in [1.29, 1.82) is 0 Å². The smallest absolute Gasteiger partial charge is 0.329 e. The molecule has 0 saturated heterocycles. The Kier molecular flexibility index (Phi) is 4.83. The molecular formula is C18H22N4O3. The summed E-state index contributed by atoms with van der Waals surface area (Å²) in [4.78, 5) is 26.0. The summed E-state index contributed by atoms with van der Waals surface area (Å²) >= 11 is 0. The number of rotatable bonds is 5. The van der Waals surface area contributed by atoms with Crippen molar-refractivity contribution in [3.8, 4) is 0 Å². The van der Waals surface area contributed by atoms with E-state index in [1.165, 1.54) is 4.90 Å². The number of carboxylic acid groups (broad SMARTS) is 1. The molecule has 0 spiro atoms. The van der Waals surface area contributed by atoms with Crippen LogP contribution >= 0.6 is 0 Å². The summed E-state index contributed by atoms with van der Waals surface area (Å²) in [7, 11) is 1.55. The highest BCUT2D eigenvalue weighted by Crippen LogP contribution is 2.34. The molecule has 132 valence electrons. The Morgan fingerprint density at radius 2 is 1.88 bits per heavy atom. The fourth-order valence-corrected chi connectivity index (χ4v) is 3.44. The van der Waals surface area contributed by atoms with Gasteiger partial charge in [0.1, 0.15) is 5.54 Å². The molecule has 1 saturated carbocycles. The number of hydrogen-bond acceptors (Lipinski definition) is 4. The lowest BCUT2D eigenvalue weighted by molar-refractivity contribution is -0.151. The molecule has 7 heteroatoms. The normalized spacial score (nSPS) is 16.4. The minimum atomic E-state index is -1.14.